The lowest BCUT2D eigenvalue weighted by Gasteiger charge is -2.39. The molecule has 2 saturated heterocycles. The second kappa shape index (κ2) is 6.86. The number of benzene rings is 1. The summed E-state index contributed by atoms with van der Waals surface area (Å²) in [4.78, 5) is 27.8. The van der Waals surface area contributed by atoms with Gasteiger partial charge in [-0.05, 0) is 68.8 Å². The van der Waals surface area contributed by atoms with Gasteiger partial charge in [-0.15, -0.1) is 0 Å². The molecule has 0 radical (unpaired) electrons. The molecule has 3 fully saturated rings. The molecule has 2 aliphatic heterocycles. The van der Waals surface area contributed by atoms with Crippen molar-refractivity contribution in [1.29, 1.82) is 0 Å². The van der Waals surface area contributed by atoms with Gasteiger partial charge in [0.15, 0.2) is 0 Å². The van der Waals surface area contributed by atoms with Crippen LogP contribution in [0.2, 0.25) is 0 Å². The number of hydrogen-bond donors (Lipinski definition) is 1. The van der Waals surface area contributed by atoms with Crippen LogP contribution in [0.4, 0.5) is 8.78 Å². The first kappa shape index (κ1) is 18.3. The number of rotatable bonds is 4. The minimum Gasteiger partial charge on any atom is -0.480 e. The van der Waals surface area contributed by atoms with Crippen LogP contribution in [0.5, 0.6) is 0 Å². The largest absolute Gasteiger partial charge is 0.480 e. The maximum atomic E-state index is 13.9. The summed E-state index contributed by atoms with van der Waals surface area (Å²) in [5.41, 5.74) is 0.163. The summed E-state index contributed by atoms with van der Waals surface area (Å²) in [5, 5.41) is 9.57. The third kappa shape index (κ3) is 3.70. The van der Waals surface area contributed by atoms with E-state index in [1.165, 1.54) is 6.07 Å². The fraction of sp³-hybridized carbons (Fsp3) is 0.600. The highest BCUT2D eigenvalue weighted by Crippen LogP contribution is 2.45. The molecule has 146 valence electrons. The highest BCUT2D eigenvalue weighted by molar-refractivity contribution is 5.87. The number of piperidine rings is 1. The van der Waals surface area contributed by atoms with Crippen LogP contribution >= 0.6 is 0 Å². The number of carboxylic acid groups (broad SMARTS) is 1. The molecule has 0 unspecified atom stereocenters. The molecule has 27 heavy (non-hydrogen) atoms. The summed E-state index contributed by atoms with van der Waals surface area (Å²) >= 11 is 0. The van der Waals surface area contributed by atoms with Crippen LogP contribution in [-0.2, 0) is 16.1 Å². The van der Waals surface area contributed by atoms with E-state index in [-0.39, 0.29) is 17.2 Å². The minimum absolute atomic E-state index is 0.0106. The quantitative estimate of drug-likeness (QED) is 0.875. The average molecular weight is 378 g/mol. The van der Waals surface area contributed by atoms with Crippen molar-refractivity contribution in [2.24, 2.45) is 11.3 Å². The van der Waals surface area contributed by atoms with Crippen LogP contribution < -0.4 is 0 Å². The van der Waals surface area contributed by atoms with Crippen molar-refractivity contribution in [2.75, 3.05) is 19.6 Å². The zero-order chi connectivity index (χ0) is 19.2. The van der Waals surface area contributed by atoms with E-state index in [9.17, 15) is 23.5 Å². The van der Waals surface area contributed by atoms with Crippen LogP contribution in [0, 0.1) is 23.0 Å². The van der Waals surface area contributed by atoms with Gasteiger partial charge in [0.2, 0.25) is 5.91 Å². The number of nitrogens with zero attached hydrogens (tertiary/aromatic N) is 2. The standard InChI is InChI=1S/C20H24F2N2O3/c21-15-3-4-16(22)14(9-15)11-23-7-5-20(6-8-23)10-17(19(26)27)24(12-20)18(25)13-1-2-13/h3-4,9,13,17H,1-2,5-8,10-12H2,(H,26,27)/t17-/m0/s1. The van der Waals surface area contributed by atoms with Gasteiger partial charge in [0.25, 0.3) is 0 Å². The molecule has 0 aromatic heterocycles. The van der Waals surface area contributed by atoms with Crippen molar-refractivity contribution in [3.63, 3.8) is 0 Å². The molecule has 2 heterocycles. The van der Waals surface area contributed by atoms with Crippen LogP contribution in [0.15, 0.2) is 18.2 Å². The Bertz CT molecular complexity index is 758. The van der Waals surface area contributed by atoms with E-state index in [1.54, 1.807) is 4.90 Å². The first-order chi connectivity index (χ1) is 12.9. The maximum Gasteiger partial charge on any atom is 0.326 e. The zero-order valence-electron chi connectivity index (χ0n) is 15.2. The lowest BCUT2D eigenvalue weighted by Crippen LogP contribution is -2.43. The number of aliphatic carboxylic acids is 1. The molecule has 1 N–H and O–H groups in total. The molecule has 1 aliphatic carbocycles. The first-order valence-corrected chi connectivity index (χ1v) is 9.56. The predicted molar refractivity (Wildman–Crippen MR) is 93.8 cm³/mol. The molecule has 3 aliphatic rings. The Morgan fingerprint density at radius 3 is 2.52 bits per heavy atom. The fourth-order valence-electron chi connectivity index (χ4n) is 4.53. The Morgan fingerprint density at radius 2 is 1.89 bits per heavy atom. The van der Waals surface area contributed by atoms with Crippen molar-refractivity contribution < 1.29 is 23.5 Å². The molecule has 1 amide bonds. The Morgan fingerprint density at radius 1 is 1.19 bits per heavy atom. The molecule has 1 aromatic rings. The van der Waals surface area contributed by atoms with E-state index in [2.05, 4.69) is 4.90 Å². The maximum absolute atomic E-state index is 13.9. The molecule has 0 bridgehead atoms. The molecule has 5 nitrogen and oxygen atoms in total. The van der Waals surface area contributed by atoms with E-state index in [0.717, 1.165) is 37.8 Å². The average Bonchev–Trinajstić information content (AvgIpc) is 3.42. The van der Waals surface area contributed by atoms with Gasteiger partial charge >= 0.3 is 5.97 Å². The normalized spacial score (nSPS) is 25.1. The van der Waals surface area contributed by atoms with Crippen molar-refractivity contribution >= 4 is 11.9 Å². The zero-order valence-corrected chi connectivity index (χ0v) is 15.2. The van der Waals surface area contributed by atoms with Crippen LogP contribution in [0.25, 0.3) is 0 Å². The van der Waals surface area contributed by atoms with Crippen molar-refractivity contribution in [3.8, 4) is 0 Å². The topological polar surface area (TPSA) is 60.9 Å². The highest BCUT2D eigenvalue weighted by atomic mass is 19.1. The van der Waals surface area contributed by atoms with Crippen LogP contribution in [0.3, 0.4) is 0 Å². The van der Waals surface area contributed by atoms with Gasteiger partial charge in [-0.25, -0.2) is 13.6 Å². The molecule has 7 heteroatoms. The minimum atomic E-state index is -0.926. The number of halogens is 2. The monoisotopic (exact) mass is 378 g/mol. The molecular weight excluding hydrogens is 354 g/mol. The van der Waals surface area contributed by atoms with Gasteiger partial charge < -0.3 is 10.0 Å². The van der Waals surface area contributed by atoms with E-state index in [4.69, 9.17) is 0 Å². The van der Waals surface area contributed by atoms with Gasteiger partial charge in [0.1, 0.15) is 17.7 Å². The second-order valence-electron chi connectivity index (χ2n) is 8.31. The SMILES string of the molecule is O=C(O)[C@@H]1CC2(CCN(Cc3cc(F)ccc3F)CC2)CN1C(=O)C1CC1. The summed E-state index contributed by atoms with van der Waals surface area (Å²) in [6.07, 6.45) is 3.75. The van der Waals surface area contributed by atoms with E-state index >= 15 is 0 Å². The Kier molecular flexibility index (Phi) is 4.66. The Labute approximate surface area is 156 Å². The summed E-state index contributed by atoms with van der Waals surface area (Å²) in [6, 6.07) is 2.75. The van der Waals surface area contributed by atoms with Crippen LogP contribution in [-0.4, -0.2) is 52.5 Å². The summed E-state index contributed by atoms with van der Waals surface area (Å²) in [5.74, 6) is -1.79. The smallest absolute Gasteiger partial charge is 0.326 e. The van der Waals surface area contributed by atoms with Gasteiger partial charge in [0, 0.05) is 24.6 Å². The third-order valence-electron chi connectivity index (χ3n) is 6.32. The van der Waals surface area contributed by atoms with Gasteiger partial charge in [-0.3, -0.25) is 9.69 Å². The fourth-order valence-corrected chi connectivity index (χ4v) is 4.53. The number of hydrogen-bond acceptors (Lipinski definition) is 3. The number of amides is 1. The third-order valence-corrected chi connectivity index (χ3v) is 6.32. The number of carboxylic acids is 1. The van der Waals surface area contributed by atoms with Gasteiger partial charge in [0.05, 0.1) is 0 Å². The van der Waals surface area contributed by atoms with E-state index in [1.807, 2.05) is 0 Å². The summed E-state index contributed by atoms with van der Waals surface area (Å²) < 4.78 is 27.2. The molecular formula is C20H24F2N2O3. The molecule has 1 saturated carbocycles. The van der Waals surface area contributed by atoms with Gasteiger partial charge in [-0.1, -0.05) is 0 Å². The lowest BCUT2D eigenvalue weighted by molar-refractivity contribution is -0.148. The molecule has 1 aromatic carbocycles. The van der Waals surface area contributed by atoms with Crippen molar-refractivity contribution in [3.05, 3.63) is 35.4 Å². The van der Waals surface area contributed by atoms with E-state index < -0.39 is 23.6 Å². The number of carbonyl (C=O) groups excluding carboxylic acids is 1. The first-order valence-electron chi connectivity index (χ1n) is 9.56. The summed E-state index contributed by atoms with van der Waals surface area (Å²) in [6.45, 7) is 2.22. The number of carbonyl (C=O) groups is 2. The Balaban J connectivity index is 1.41. The number of likely N-dealkylation sites (tertiary alicyclic amines) is 2. The molecule has 1 spiro atoms. The highest BCUT2D eigenvalue weighted by Gasteiger charge is 2.51. The van der Waals surface area contributed by atoms with Crippen LogP contribution in [0.1, 0.15) is 37.7 Å². The second-order valence-corrected chi connectivity index (χ2v) is 8.31. The Hall–Kier alpha value is -2.02. The van der Waals surface area contributed by atoms with Crippen molar-refractivity contribution in [2.45, 2.75) is 44.7 Å². The predicted octanol–water partition coefficient (Wildman–Crippen LogP) is 2.64. The van der Waals surface area contributed by atoms with Gasteiger partial charge in [-0.2, -0.15) is 0 Å². The molecule has 4 rings (SSSR count). The summed E-state index contributed by atoms with van der Waals surface area (Å²) in [7, 11) is 0. The lowest BCUT2D eigenvalue weighted by atomic mass is 9.76. The van der Waals surface area contributed by atoms with Crippen molar-refractivity contribution in [1.82, 2.24) is 9.80 Å². The molecule has 1 atom stereocenters. The van der Waals surface area contributed by atoms with E-state index in [0.29, 0.717) is 38.2 Å².